The van der Waals surface area contributed by atoms with Gasteiger partial charge in [0.05, 0.1) is 0 Å². The highest BCUT2D eigenvalue weighted by molar-refractivity contribution is 5.28. The van der Waals surface area contributed by atoms with Crippen LogP contribution in [0.5, 0.6) is 0 Å². The van der Waals surface area contributed by atoms with Crippen LogP contribution in [0.2, 0.25) is 0 Å². The molecule has 1 unspecified atom stereocenters. The first-order valence-corrected chi connectivity index (χ1v) is 5.30. The lowest BCUT2D eigenvalue weighted by Gasteiger charge is -2.18. The number of hydrogen-bond donors (Lipinski definition) is 2. The Morgan fingerprint density at radius 3 is 2.73 bits per heavy atom. The molecule has 15 heavy (non-hydrogen) atoms. The van der Waals surface area contributed by atoms with Crippen LogP contribution in [0.3, 0.4) is 0 Å². The van der Waals surface area contributed by atoms with Crippen molar-refractivity contribution in [1.29, 1.82) is 0 Å². The SMILES string of the molecule is COCCCC(NN)c1ccccc1C. The molecule has 0 fully saturated rings. The highest BCUT2D eigenvalue weighted by atomic mass is 16.5. The molecular formula is C12H20N2O. The van der Waals surface area contributed by atoms with E-state index in [1.807, 2.05) is 12.1 Å². The van der Waals surface area contributed by atoms with E-state index in [1.165, 1.54) is 11.1 Å². The van der Waals surface area contributed by atoms with Crippen molar-refractivity contribution in [2.75, 3.05) is 13.7 Å². The summed E-state index contributed by atoms with van der Waals surface area (Å²) in [4.78, 5) is 0. The lowest BCUT2D eigenvalue weighted by molar-refractivity contribution is 0.188. The highest BCUT2D eigenvalue weighted by Crippen LogP contribution is 2.20. The van der Waals surface area contributed by atoms with Gasteiger partial charge in [0.15, 0.2) is 0 Å². The van der Waals surface area contributed by atoms with Crippen molar-refractivity contribution < 1.29 is 4.74 Å². The number of aryl methyl sites for hydroxylation is 1. The zero-order chi connectivity index (χ0) is 11.1. The van der Waals surface area contributed by atoms with Crippen LogP contribution in [0.1, 0.15) is 30.0 Å². The third kappa shape index (κ3) is 3.63. The summed E-state index contributed by atoms with van der Waals surface area (Å²) in [5.74, 6) is 5.57. The minimum atomic E-state index is 0.223. The Kier molecular flexibility index (Phi) is 5.32. The minimum Gasteiger partial charge on any atom is -0.385 e. The molecule has 0 saturated carbocycles. The van der Waals surface area contributed by atoms with Crippen LogP contribution in [0.25, 0.3) is 0 Å². The minimum absolute atomic E-state index is 0.223. The van der Waals surface area contributed by atoms with E-state index in [4.69, 9.17) is 10.6 Å². The number of nitrogens with two attached hydrogens (primary N) is 1. The van der Waals surface area contributed by atoms with Gasteiger partial charge in [0.2, 0.25) is 0 Å². The van der Waals surface area contributed by atoms with Crippen molar-refractivity contribution >= 4 is 0 Å². The summed E-state index contributed by atoms with van der Waals surface area (Å²) in [7, 11) is 1.72. The summed E-state index contributed by atoms with van der Waals surface area (Å²) >= 11 is 0. The van der Waals surface area contributed by atoms with Crippen LogP contribution in [-0.2, 0) is 4.74 Å². The number of benzene rings is 1. The standard InChI is InChI=1S/C12H20N2O/c1-10-6-3-4-7-11(10)12(14-13)8-5-9-15-2/h3-4,6-7,12,14H,5,8-9,13H2,1-2H3. The molecule has 0 radical (unpaired) electrons. The van der Waals surface area contributed by atoms with E-state index in [0.29, 0.717) is 0 Å². The molecule has 1 aromatic rings. The summed E-state index contributed by atoms with van der Waals surface area (Å²) in [5, 5.41) is 0. The van der Waals surface area contributed by atoms with Gasteiger partial charge in [-0.15, -0.1) is 0 Å². The number of methoxy groups -OCH3 is 1. The van der Waals surface area contributed by atoms with E-state index >= 15 is 0 Å². The van der Waals surface area contributed by atoms with Crippen LogP contribution in [0, 0.1) is 6.92 Å². The summed E-state index contributed by atoms with van der Waals surface area (Å²) in [6.45, 7) is 2.89. The smallest absolute Gasteiger partial charge is 0.0463 e. The summed E-state index contributed by atoms with van der Waals surface area (Å²) in [6.07, 6.45) is 2.01. The molecule has 0 aliphatic heterocycles. The maximum atomic E-state index is 5.57. The van der Waals surface area contributed by atoms with E-state index < -0.39 is 0 Å². The lowest BCUT2D eigenvalue weighted by atomic mass is 9.98. The van der Waals surface area contributed by atoms with Gasteiger partial charge in [-0.05, 0) is 30.9 Å². The van der Waals surface area contributed by atoms with Crippen molar-refractivity contribution in [1.82, 2.24) is 5.43 Å². The van der Waals surface area contributed by atoms with Crippen molar-refractivity contribution in [3.63, 3.8) is 0 Å². The van der Waals surface area contributed by atoms with Crippen molar-refractivity contribution in [3.8, 4) is 0 Å². The average Bonchev–Trinajstić information content (AvgIpc) is 2.26. The zero-order valence-corrected chi connectivity index (χ0v) is 9.49. The van der Waals surface area contributed by atoms with Crippen molar-refractivity contribution in [2.24, 2.45) is 5.84 Å². The van der Waals surface area contributed by atoms with Gasteiger partial charge < -0.3 is 4.74 Å². The van der Waals surface area contributed by atoms with Gasteiger partial charge >= 0.3 is 0 Å². The molecule has 3 nitrogen and oxygen atoms in total. The predicted octanol–water partition coefficient (Wildman–Crippen LogP) is 1.93. The average molecular weight is 208 g/mol. The normalized spacial score (nSPS) is 12.7. The van der Waals surface area contributed by atoms with Gasteiger partial charge in [-0.25, -0.2) is 0 Å². The number of ether oxygens (including phenoxy) is 1. The van der Waals surface area contributed by atoms with E-state index in [0.717, 1.165) is 19.4 Å². The quantitative estimate of drug-likeness (QED) is 0.426. The molecule has 0 aliphatic carbocycles. The van der Waals surface area contributed by atoms with E-state index in [1.54, 1.807) is 7.11 Å². The fourth-order valence-electron chi connectivity index (χ4n) is 1.74. The molecule has 0 spiro atoms. The van der Waals surface area contributed by atoms with Gasteiger partial charge in [-0.1, -0.05) is 24.3 Å². The van der Waals surface area contributed by atoms with Crippen molar-refractivity contribution in [2.45, 2.75) is 25.8 Å². The maximum Gasteiger partial charge on any atom is 0.0463 e. The molecule has 0 heterocycles. The van der Waals surface area contributed by atoms with Gasteiger partial charge in [-0.2, -0.15) is 0 Å². The Hall–Kier alpha value is -0.900. The molecule has 1 aromatic carbocycles. The second-order valence-electron chi connectivity index (χ2n) is 3.71. The first-order chi connectivity index (χ1) is 7.29. The van der Waals surface area contributed by atoms with Gasteiger partial charge in [0, 0.05) is 19.8 Å². The largest absolute Gasteiger partial charge is 0.385 e. The zero-order valence-electron chi connectivity index (χ0n) is 9.49. The number of nitrogens with one attached hydrogen (secondary N) is 1. The molecule has 0 bridgehead atoms. The summed E-state index contributed by atoms with van der Waals surface area (Å²) in [6, 6.07) is 8.54. The molecule has 0 aromatic heterocycles. The molecule has 3 N–H and O–H groups in total. The van der Waals surface area contributed by atoms with E-state index in [2.05, 4.69) is 24.5 Å². The second-order valence-corrected chi connectivity index (χ2v) is 3.71. The van der Waals surface area contributed by atoms with Crippen LogP contribution in [0.15, 0.2) is 24.3 Å². The molecule has 1 rings (SSSR count). The molecule has 3 heteroatoms. The third-order valence-electron chi connectivity index (χ3n) is 2.61. The van der Waals surface area contributed by atoms with E-state index in [-0.39, 0.29) is 6.04 Å². The van der Waals surface area contributed by atoms with Gasteiger partial charge in [-0.3, -0.25) is 11.3 Å². The Morgan fingerprint density at radius 2 is 2.13 bits per heavy atom. The summed E-state index contributed by atoms with van der Waals surface area (Å²) < 4.78 is 5.03. The second kappa shape index (κ2) is 6.56. The molecule has 84 valence electrons. The van der Waals surface area contributed by atoms with Crippen LogP contribution < -0.4 is 11.3 Å². The summed E-state index contributed by atoms with van der Waals surface area (Å²) in [5.41, 5.74) is 5.41. The monoisotopic (exact) mass is 208 g/mol. The molecule has 0 saturated heterocycles. The Bertz CT molecular complexity index is 289. The van der Waals surface area contributed by atoms with Gasteiger partial charge in [0.25, 0.3) is 0 Å². The number of rotatable bonds is 6. The molecule has 0 aliphatic rings. The van der Waals surface area contributed by atoms with E-state index in [9.17, 15) is 0 Å². The van der Waals surface area contributed by atoms with Crippen LogP contribution in [-0.4, -0.2) is 13.7 Å². The van der Waals surface area contributed by atoms with Crippen molar-refractivity contribution in [3.05, 3.63) is 35.4 Å². The fourth-order valence-corrected chi connectivity index (χ4v) is 1.74. The molecule has 1 atom stereocenters. The highest BCUT2D eigenvalue weighted by Gasteiger charge is 2.10. The fraction of sp³-hybridized carbons (Fsp3) is 0.500. The predicted molar refractivity (Wildman–Crippen MR) is 62.4 cm³/mol. The maximum absolute atomic E-state index is 5.57. The van der Waals surface area contributed by atoms with Crippen LogP contribution >= 0.6 is 0 Å². The number of hydrazine groups is 1. The third-order valence-corrected chi connectivity index (χ3v) is 2.61. The Labute approximate surface area is 91.6 Å². The Morgan fingerprint density at radius 1 is 1.40 bits per heavy atom. The van der Waals surface area contributed by atoms with Crippen LogP contribution in [0.4, 0.5) is 0 Å². The molecule has 0 amide bonds. The first kappa shape index (κ1) is 12.2. The number of hydrogen-bond acceptors (Lipinski definition) is 3. The topological polar surface area (TPSA) is 47.3 Å². The Balaban J connectivity index is 2.61. The van der Waals surface area contributed by atoms with Gasteiger partial charge in [0.1, 0.15) is 0 Å². The first-order valence-electron chi connectivity index (χ1n) is 5.30. The molecular weight excluding hydrogens is 188 g/mol. The lowest BCUT2D eigenvalue weighted by Crippen LogP contribution is -2.28.